The van der Waals surface area contributed by atoms with Crippen LogP contribution in [0, 0.1) is 0 Å². The number of nitrogens with one attached hydrogen (secondary N) is 1. The molecule has 0 aliphatic heterocycles. The molecular formula is C9H14N2O. The van der Waals surface area contributed by atoms with Gasteiger partial charge in [0.05, 0.1) is 0 Å². The highest BCUT2D eigenvalue weighted by atomic mass is 16.2. The minimum atomic E-state index is 0.113. The molecular weight excluding hydrogens is 152 g/mol. The second kappa shape index (κ2) is 3.95. The van der Waals surface area contributed by atoms with Crippen LogP contribution in [0.2, 0.25) is 0 Å². The highest BCUT2D eigenvalue weighted by molar-refractivity contribution is 5.72. The summed E-state index contributed by atoms with van der Waals surface area (Å²) in [7, 11) is 1.81. The lowest BCUT2D eigenvalue weighted by Crippen LogP contribution is -2.26. The molecule has 1 N–H and O–H groups in total. The third kappa shape index (κ3) is 2.42. The quantitative estimate of drug-likeness (QED) is 0.715. The van der Waals surface area contributed by atoms with Crippen molar-refractivity contribution in [1.29, 1.82) is 0 Å². The van der Waals surface area contributed by atoms with E-state index in [4.69, 9.17) is 0 Å². The molecule has 1 amide bonds. The molecule has 0 saturated carbocycles. The number of amides is 1. The molecule has 0 radical (unpaired) electrons. The number of carbonyl (C=O) groups is 1. The van der Waals surface area contributed by atoms with Gasteiger partial charge in [-0.3, -0.25) is 4.79 Å². The minimum absolute atomic E-state index is 0.113. The Bertz CT molecular complexity index is 241. The fourth-order valence-corrected chi connectivity index (χ4v) is 0.969. The molecule has 0 bridgehead atoms. The summed E-state index contributed by atoms with van der Waals surface area (Å²) < 4.78 is 0. The average Bonchev–Trinajstić information content (AvgIpc) is 2.51. The van der Waals surface area contributed by atoms with Crippen molar-refractivity contribution in [1.82, 2.24) is 9.88 Å². The van der Waals surface area contributed by atoms with Crippen molar-refractivity contribution < 1.29 is 4.79 Å². The van der Waals surface area contributed by atoms with Crippen molar-refractivity contribution in [2.75, 3.05) is 13.6 Å². The van der Waals surface area contributed by atoms with E-state index in [0.29, 0.717) is 0 Å². The molecule has 0 atom stereocenters. The van der Waals surface area contributed by atoms with Gasteiger partial charge in [0.15, 0.2) is 0 Å². The fraction of sp³-hybridized carbons (Fsp3) is 0.444. The van der Waals surface area contributed by atoms with E-state index in [1.54, 1.807) is 11.8 Å². The third-order valence-corrected chi connectivity index (χ3v) is 1.92. The predicted molar refractivity (Wildman–Crippen MR) is 47.8 cm³/mol. The highest BCUT2D eigenvalue weighted by Crippen LogP contribution is 1.96. The second-order valence-electron chi connectivity index (χ2n) is 2.89. The van der Waals surface area contributed by atoms with Crippen LogP contribution in [0.3, 0.4) is 0 Å². The summed E-state index contributed by atoms with van der Waals surface area (Å²) in [5, 5.41) is 0. The van der Waals surface area contributed by atoms with Gasteiger partial charge in [-0.1, -0.05) is 0 Å². The second-order valence-corrected chi connectivity index (χ2v) is 2.89. The standard InChI is InChI=1S/C9H14N2O/c1-8(12)11(2)7-5-9-4-3-6-10-9/h3-4,6,10H,5,7H2,1-2H3. The Morgan fingerprint density at radius 2 is 2.42 bits per heavy atom. The van der Waals surface area contributed by atoms with Crippen LogP contribution < -0.4 is 0 Å². The van der Waals surface area contributed by atoms with E-state index in [1.165, 1.54) is 5.69 Å². The summed E-state index contributed by atoms with van der Waals surface area (Å²) in [4.78, 5) is 15.6. The van der Waals surface area contributed by atoms with E-state index in [9.17, 15) is 4.79 Å². The van der Waals surface area contributed by atoms with E-state index in [-0.39, 0.29) is 5.91 Å². The summed E-state index contributed by atoms with van der Waals surface area (Å²) >= 11 is 0. The first-order valence-corrected chi connectivity index (χ1v) is 4.04. The fourth-order valence-electron chi connectivity index (χ4n) is 0.969. The number of likely N-dealkylation sites (N-methyl/N-ethyl adjacent to an activating group) is 1. The van der Waals surface area contributed by atoms with E-state index in [1.807, 2.05) is 25.4 Å². The van der Waals surface area contributed by atoms with Crippen molar-refractivity contribution in [2.45, 2.75) is 13.3 Å². The molecule has 3 heteroatoms. The van der Waals surface area contributed by atoms with Crippen molar-refractivity contribution in [3.63, 3.8) is 0 Å². The van der Waals surface area contributed by atoms with Crippen LogP contribution in [0.5, 0.6) is 0 Å². The monoisotopic (exact) mass is 166 g/mol. The van der Waals surface area contributed by atoms with Gasteiger partial charge in [0.1, 0.15) is 0 Å². The van der Waals surface area contributed by atoms with Crippen LogP contribution in [0.15, 0.2) is 18.3 Å². The maximum Gasteiger partial charge on any atom is 0.219 e. The van der Waals surface area contributed by atoms with Crippen molar-refractivity contribution in [3.05, 3.63) is 24.0 Å². The summed E-state index contributed by atoms with van der Waals surface area (Å²) in [5.41, 5.74) is 1.17. The molecule has 0 aliphatic carbocycles. The van der Waals surface area contributed by atoms with Gasteiger partial charge in [-0.2, -0.15) is 0 Å². The lowest BCUT2D eigenvalue weighted by atomic mass is 10.3. The zero-order chi connectivity index (χ0) is 8.97. The summed E-state index contributed by atoms with van der Waals surface area (Å²) in [6.07, 6.45) is 2.78. The van der Waals surface area contributed by atoms with Gasteiger partial charge in [0.25, 0.3) is 0 Å². The van der Waals surface area contributed by atoms with E-state index in [2.05, 4.69) is 4.98 Å². The summed E-state index contributed by atoms with van der Waals surface area (Å²) in [5.74, 6) is 0.113. The molecule has 12 heavy (non-hydrogen) atoms. The number of aromatic amines is 1. The number of aromatic nitrogens is 1. The molecule has 1 rings (SSSR count). The predicted octanol–water partition coefficient (Wildman–Crippen LogP) is 1.04. The van der Waals surface area contributed by atoms with E-state index < -0.39 is 0 Å². The molecule has 3 nitrogen and oxygen atoms in total. The molecule has 0 aliphatic rings. The van der Waals surface area contributed by atoms with E-state index >= 15 is 0 Å². The first-order chi connectivity index (χ1) is 5.70. The van der Waals surface area contributed by atoms with Gasteiger partial charge < -0.3 is 9.88 Å². The number of rotatable bonds is 3. The molecule has 0 spiro atoms. The smallest absolute Gasteiger partial charge is 0.219 e. The molecule has 0 aromatic carbocycles. The molecule has 1 aromatic heterocycles. The normalized spacial score (nSPS) is 9.83. The molecule has 0 saturated heterocycles. The highest BCUT2D eigenvalue weighted by Gasteiger charge is 2.01. The number of hydrogen-bond donors (Lipinski definition) is 1. The van der Waals surface area contributed by atoms with Gasteiger partial charge in [0.2, 0.25) is 5.91 Å². The average molecular weight is 166 g/mol. The Morgan fingerprint density at radius 3 is 2.92 bits per heavy atom. The van der Waals surface area contributed by atoms with Crippen LogP contribution in [0.4, 0.5) is 0 Å². The molecule has 0 unspecified atom stereocenters. The largest absolute Gasteiger partial charge is 0.365 e. The van der Waals surface area contributed by atoms with Crippen LogP contribution >= 0.6 is 0 Å². The van der Waals surface area contributed by atoms with Gasteiger partial charge in [-0.05, 0) is 12.1 Å². The van der Waals surface area contributed by atoms with E-state index in [0.717, 1.165) is 13.0 Å². The zero-order valence-corrected chi connectivity index (χ0v) is 7.50. The molecule has 66 valence electrons. The van der Waals surface area contributed by atoms with Gasteiger partial charge in [0, 0.05) is 38.8 Å². The molecule has 1 heterocycles. The molecule has 1 aromatic rings. The van der Waals surface area contributed by atoms with Crippen LogP contribution in [-0.4, -0.2) is 29.4 Å². The summed E-state index contributed by atoms with van der Waals surface area (Å²) in [6.45, 7) is 2.35. The first kappa shape index (κ1) is 8.84. The number of hydrogen-bond acceptors (Lipinski definition) is 1. The van der Waals surface area contributed by atoms with Crippen LogP contribution in [-0.2, 0) is 11.2 Å². The van der Waals surface area contributed by atoms with Crippen LogP contribution in [0.1, 0.15) is 12.6 Å². The number of H-pyrrole nitrogens is 1. The van der Waals surface area contributed by atoms with Crippen molar-refractivity contribution in [3.8, 4) is 0 Å². The first-order valence-electron chi connectivity index (χ1n) is 4.04. The number of nitrogens with zero attached hydrogens (tertiary/aromatic N) is 1. The Hall–Kier alpha value is -1.25. The van der Waals surface area contributed by atoms with Crippen LogP contribution in [0.25, 0.3) is 0 Å². The Kier molecular flexibility index (Phi) is 2.91. The van der Waals surface area contributed by atoms with Gasteiger partial charge >= 0.3 is 0 Å². The Labute approximate surface area is 72.4 Å². The topological polar surface area (TPSA) is 36.1 Å². The zero-order valence-electron chi connectivity index (χ0n) is 7.50. The number of carbonyl (C=O) groups excluding carboxylic acids is 1. The summed E-state index contributed by atoms with van der Waals surface area (Å²) in [6, 6.07) is 3.98. The maximum absolute atomic E-state index is 10.8. The van der Waals surface area contributed by atoms with Crippen molar-refractivity contribution >= 4 is 5.91 Å². The Balaban J connectivity index is 2.31. The lowest BCUT2D eigenvalue weighted by Gasteiger charge is -2.13. The minimum Gasteiger partial charge on any atom is -0.365 e. The SMILES string of the molecule is CC(=O)N(C)CCc1ccc[nH]1. The third-order valence-electron chi connectivity index (χ3n) is 1.92. The van der Waals surface area contributed by atoms with Crippen molar-refractivity contribution in [2.24, 2.45) is 0 Å². The van der Waals surface area contributed by atoms with Gasteiger partial charge in [-0.15, -0.1) is 0 Å². The maximum atomic E-state index is 10.8. The lowest BCUT2D eigenvalue weighted by molar-refractivity contribution is -0.127. The van der Waals surface area contributed by atoms with Gasteiger partial charge in [-0.25, -0.2) is 0 Å². The molecule has 0 fully saturated rings. The Morgan fingerprint density at radius 1 is 1.67 bits per heavy atom.